The van der Waals surface area contributed by atoms with E-state index in [1.54, 1.807) is 0 Å². The maximum atomic E-state index is 13.2. The summed E-state index contributed by atoms with van der Waals surface area (Å²) >= 11 is 0. The maximum absolute atomic E-state index is 13.2. The molecule has 1 saturated heterocycles. The van der Waals surface area contributed by atoms with Gasteiger partial charge in [0.1, 0.15) is 18.6 Å². The van der Waals surface area contributed by atoms with Gasteiger partial charge in [-0.25, -0.2) is 0 Å². The van der Waals surface area contributed by atoms with Gasteiger partial charge in [0.15, 0.2) is 0 Å². The molecule has 6 nitrogen and oxygen atoms in total. The van der Waals surface area contributed by atoms with Crippen LogP contribution in [0.1, 0.15) is 43.9 Å². The lowest BCUT2D eigenvalue weighted by molar-refractivity contribution is -0.143. The molecule has 214 valence electrons. The Morgan fingerprint density at radius 1 is 0.850 bits per heavy atom. The SMILES string of the molecule is Cc1cc(C)cc(COc2coc(CN3CCN(C(=O)c4cc(C(F)(F)F)cc(C(F)(F)F)c4)CC3)cc2=O)c1. The number of amides is 1. The zero-order valence-corrected chi connectivity index (χ0v) is 21.7. The molecule has 12 heteroatoms. The first-order valence-corrected chi connectivity index (χ1v) is 12.3. The van der Waals surface area contributed by atoms with Crippen LogP contribution in [0.4, 0.5) is 26.3 Å². The second-order valence-corrected chi connectivity index (χ2v) is 9.72. The fourth-order valence-electron chi connectivity index (χ4n) is 4.53. The molecule has 1 aliphatic rings. The van der Waals surface area contributed by atoms with Crippen molar-refractivity contribution in [1.82, 2.24) is 9.80 Å². The highest BCUT2D eigenvalue weighted by Gasteiger charge is 2.38. The van der Waals surface area contributed by atoms with Crippen LogP contribution in [0.5, 0.6) is 5.75 Å². The normalized spacial score (nSPS) is 14.8. The Morgan fingerprint density at radius 2 is 1.43 bits per heavy atom. The van der Waals surface area contributed by atoms with Gasteiger partial charge in [0.05, 0.1) is 17.7 Å². The van der Waals surface area contributed by atoms with Crippen LogP contribution in [-0.2, 0) is 25.5 Å². The monoisotopic (exact) mass is 568 g/mol. The van der Waals surface area contributed by atoms with Gasteiger partial charge >= 0.3 is 12.4 Å². The van der Waals surface area contributed by atoms with Crippen molar-refractivity contribution in [3.63, 3.8) is 0 Å². The molecule has 0 bridgehead atoms. The molecule has 0 atom stereocenters. The number of carbonyl (C=O) groups is 1. The van der Waals surface area contributed by atoms with Crippen molar-refractivity contribution < 1.29 is 40.3 Å². The number of rotatable bonds is 6. The Kier molecular flexibility index (Phi) is 8.29. The topological polar surface area (TPSA) is 63.0 Å². The Labute approximate surface area is 225 Å². The number of ether oxygens (including phenoxy) is 1. The lowest BCUT2D eigenvalue weighted by atomic mass is 10.0. The third-order valence-corrected chi connectivity index (χ3v) is 6.40. The van der Waals surface area contributed by atoms with Gasteiger partial charge in [-0.1, -0.05) is 29.3 Å². The molecule has 0 saturated carbocycles. The number of aryl methyl sites for hydroxylation is 2. The largest absolute Gasteiger partial charge is 0.482 e. The van der Waals surface area contributed by atoms with Gasteiger partial charge in [0.2, 0.25) is 11.2 Å². The van der Waals surface area contributed by atoms with E-state index in [4.69, 9.17) is 9.15 Å². The summed E-state index contributed by atoms with van der Waals surface area (Å²) in [6.07, 6.45) is -8.86. The standard InChI is InChI=1S/C28H26F6N2O4/c1-17-7-18(2)9-19(8-17)15-40-25-16-39-23(13-24(25)37)14-35-3-5-36(6-4-35)26(38)20-10-21(27(29,30)31)12-22(11-20)28(32,33)34/h7-13,16H,3-6,14-15H2,1-2H3. The zero-order valence-electron chi connectivity index (χ0n) is 21.7. The van der Waals surface area contributed by atoms with Crippen LogP contribution in [0.2, 0.25) is 0 Å². The molecule has 1 aromatic heterocycles. The van der Waals surface area contributed by atoms with Crippen molar-refractivity contribution in [2.75, 3.05) is 26.2 Å². The number of nitrogens with zero attached hydrogens (tertiary/aromatic N) is 2. The summed E-state index contributed by atoms with van der Waals surface area (Å²) in [6.45, 7) is 5.01. The Morgan fingerprint density at radius 3 is 1.95 bits per heavy atom. The highest BCUT2D eigenvalue weighted by Crippen LogP contribution is 2.36. The van der Waals surface area contributed by atoms with E-state index in [0.29, 0.717) is 17.9 Å². The van der Waals surface area contributed by atoms with E-state index >= 15 is 0 Å². The first-order valence-electron chi connectivity index (χ1n) is 12.3. The molecule has 4 rings (SSSR count). The lowest BCUT2D eigenvalue weighted by Gasteiger charge is -2.34. The summed E-state index contributed by atoms with van der Waals surface area (Å²) in [5.74, 6) is -0.526. The molecule has 0 spiro atoms. The lowest BCUT2D eigenvalue weighted by Crippen LogP contribution is -2.48. The van der Waals surface area contributed by atoms with Gasteiger partial charge in [0, 0.05) is 37.8 Å². The first-order chi connectivity index (χ1) is 18.7. The second-order valence-electron chi connectivity index (χ2n) is 9.72. The molecule has 2 heterocycles. The van der Waals surface area contributed by atoms with Crippen LogP contribution < -0.4 is 10.2 Å². The number of alkyl halides is 6. The van der Waals surface area contributed by atoms with Gasteiger partial charge in [-0.2, -0.15) is 26.3 Å². The first kappa shape index (κ1) is 29.2. The molecule has 0 radical (unpaired) electrons. The Hall–Kier alpha value is -3.80. The molecular weight excluding hydrogens is 542 g/mol. The zero-order chi connectivity index (χ0) is 29.2. The highest BCUT2D eigenvalue weighted by molar-refractivity contribution is 5.94. The molecule has 1 fully saturated rings. The molecule has 0 unspecified atom stereocenters. The van der Waals surface area contributed by atoms with E-state index in [1.165, 1.54) is 17.2 Å². The third-order valence-electron chi connectivity index (χ3n) is 6.40. The molecule has 0 N–H and O–H groups in total. The summed E-state index contributed by atoms with van der Waals surface area (Å²) < 4.78 is 90.2. The van der Waals surface area contributed by atoms with Crippen molar-refractivity contribution in [1.29, 1.82) is 0 Å². The quantitative estimate of drug-likeness (QED) is 0.350. The van der Waals surface area contributed by atoms with Crippen LogP contribution in [0.15, 0.2) is 57.9 Å². The van der Waals surface area contributed by atoms with Crippen molar-refractivity contribution in [3.05, 3.63) is 98.1 Å². The fraction of sp³-hybridized carbons (Fsp3) is 0.357. The molecule has 2 aromatic carbocycles. The number of benzene rings is 2. The molecule has 0 aliphatic carbocycles. The minimum absolute atomic E-state index is 0.0116. The van der Waals surface area contributed by atoms with E-state index in [9.17, 15) is 35.9 Å². The van der Waals surface area contributed by atoms with E-state index in [-0.39, 0.29) is 56.6 Å². The summed E-state index contributed by atoms with van der Waals surface area (Å²) in [4.78, 5) is 28.4. The van der Waals surface area contributed by atoms with E-state index < -0.39 is 35.0 Å². The Bertz CT molecular complexity index is 1390. The van der Waals surface area contributed by atoms with Crippen LogP contribution in [0, 0.1) is 13.8 Å². The number of hydrogen-bond donors (Lipinski definition) is 0. The number of halogens is 6. The predicted octanol–water partition coefficient (Wildman–Crippen LogP) is 5.83. The Balaban J connectivity index is 1.36. The van der Waals surface area contributed by atoms with E-state index in [2.05, 4.69) is 0 Å². The van der Waals surface area contributed by atoms with Crippen molar-refractivity contribution in [2.45, 2.75) is 39.4 Å². The van der Waals surface area contributed by atoms with Crippen molar-refractivity contribution in [3.8, 4) is 5.75 Å². The van der Waals surface area contributed by atoms with Crippen LogP contribution in [0.25, 0.3) is 0 Å². The summed E-state index contributed by atoms with van der Waals surface area (Å²) in [6, 6.07) is 8.09. The van der Waals surface area contributed by atoms with Crippen LogP contribution in [-0.4, -0.2) is 41.9 Å². The highest BCUT2D eigenvalue weighted by atomic mass is 19.4. The summed E-state index contributed by atoms with van der Waals surface area (Å²) in [5, 5.41) is 0. The molecule has 1 amide bonds. The van der Waals surface area contributed by atoms with Gasteiger partial charge in [-0.15, -0.1) is 0 Å². The second kappa shape index (κ2) is 11.4. The molecule has 40 heavy (non-hydrogen) atoms. The van der Waals surface area contributed by atoms with Gasteiger partial charge in [-0.3, -0.25) is 14.5 Å². The fourth-order valence-corrected chi connectivity index (χ4v) is 4.53. The number of carbonyl (C=O) groups excluding carboxylic acids is 1. The van der Waals surface area contributed by atoms with Gasteiger partial charge in [-0.05, 0) is 37.6 Å². The molecule has 3 aromatic rings. The predicted molar refractivity (Wildman–Crippen MR) is 133 cm³/mol. The summed E-state index contributed by atoms with van der Waals surface area (Å²) in [5.41, 5.74) is -1.08. The van der Waals surface area contributed by atoms with Crippen molar-refractivity contribution >= 4 is 5.91 Å². The molecular formula is C28H26F6N2O4. The number of piperazine rings is 1. The minimum Gasteiger partial charge on any atom is -0.482 e. The average molecular weight is 569 g/mol. The third kappa shape index (κ3) is 7.23. The average Bonchev–Trinajstić information content (AvgIpc) is 2.86. The van der Waals surface area contributed by atoms with Crippen molar-refractivity contribution in [2.24, 2.45) is 0 Å². The minimum atomic E-state index is -5.04. The summed E-state index contributed by atoms with van der Waals surface area (Å²) in [7, 11) is 0. The van der Waals surface area contributed by atoms with Crippen LogP contribution >= 0.6 is 0 Å². The van der Waals surface area contributed by atoms with E-state index in [0.717, 1.165) is 16.7 Å². The maximum Gasteiger partial charge on any atom is 0.416 e. The van der Waals surface area contributed by atoms with E-state index in [1.807, 2.05) is 36.9 Å². The van der Waals surface area contributed by atoms with Gasteiger partial charge in [0.25, 0.3) is 5.91 Å². The van der Waals surface area contributed by atoms with Gasteiger partial charge < -0.3 is 14.1 Å². The van der Waals surface area contributed by atoms with Crippen LogP contribution in [0.3, 0.4) is 0 Å². The molecule has 1 aliphatic heterocycles. The smallest absolute Gasteiger partial charge is 0.416 e. The number of hydrogen-bond acceptors (Lipinski definition) is 5.